The number of esters is 1. The molecule has 31 heavy (non-hydrogen) atoms. The zero-order valence-corrected chi connectivity index (χ0v) is 19.4. The fourth-order valence-corrected chi connectivity index (χ4v) is 5.44. The van der Waals surface area contributed by atoms with Crippen LogP contribution in [0.1, 0.15) is 24.4 Å². The van der Waals surface area contributed by atoms with Crippen molar-refractivity contribution in [2.45, 2.75) is 36.5 Å². The topological polar surface area (TPSA) is 132 Å². The molecule has 13 heteroatoms. The molecule has 0 aliphatic carbocycles. The number of aromatic nitrogens is 2. The van der Waals surface area contributed by atoms with Crippen LogP contribution < -0.4 is 0 Å². The van der Waals surface area contributed by atoms with E-state index in [2.05, 4.69) is 4.98 Å². The highest BCUT2D eigenvalue weighted by molar-refractivity contribution is 7.89. The van der Waals surface area contributed by atoms with E-state index in [4.69, 9.17) is 9.15 Å². The Balaban J connectivity index is 1.54. The standard InChI is InChI=1S/C18H26N4O7S2/c1-13-19-16(11-21(13)4)30(24,25)22-9-7-14(8-10-22)18(23)28-12-15-5-6-17(29-15)31(26,27)20(2)3/h5-6,11,14H,7-10,12H2,1-4H3. The van der Waals surface area contributed by atoms with Crippen molar-refractivity contribution >= 4 is 26.0 Å². The molecule has 1 fully saturated rings. The Morgan fingerprint density at radius 3 is 2.42 bits per heavy atom. The van der Waals surface area contributed by atoms with Crippen molar-refractivity contribution in [1.29, 1.82) is 0 Å². The molecule has 0 N–H and O–H groups in total. The number of ether oxygens (including phenoxy) is 1. The SMILES string of the molecule is Cc1nc(S(=O)(=O)N2CCC(C(=O)OCc3ccc(S(=O)(=O)N(C)C)o3)CC2)cn1C. The highest BCUT2D eigenvalue weighted by Crippen LogP contribution is 2.25. The first-order chi connectivity index (χ1) is 14.4. The summed E-state index contributed by atoms with van der Waals surface area (Å²) in [6.45, 7) is 1.89. The van der Waals surface area contributed by atoms with Gasteiger partial charge in [-0.05, 0) is 31.9 Å². The third kappa shape index (κ3) is 4.84. The summed E-state index contributed by atoms with van der Waals surface area (Å²) in [6.07, 6.45) is 2.11. The lowest BCUT2D eigenvalue weighted by atomic mass is 9.98. The summed E-state index contributed by atoms with van der Waals surface area (Å²) in [5.74, 6) is -0.119. The average Bonchev–Trinajstić information content (AvgIpc) is 3.33. The first-order valence-corrected chi connectivity index (χ1v) is 12.5. The van der Waals surface area contributed by atoms with Gasteiger partial charge in [-0.25, -0.2) is 26.1 Å². The number of hydrogen-bond donors (Lipinski definition) is 0. The molecule has 11 nitrogen and oxygen atoms in total. The molecule has 0 unspecified atom stereocenters. The van der Waals surface area contributed by atoms with E-state index in [1.165, 1.54) is 36.7 Å². The molecular weight excluding hydrogens is 448 g/mol. The van der Waals surface area contributed by atoms with Gasteiger partial charge < -0.3 is 13.7 Å². The predicted octanol–water partition coefficient (Wildman–Crippen LogP) is 0.716. The Hall–Kier alpha value is -2.22. The van der Waals surface area contributed by atoms with Gasteiger partial charge in [0, 0.05) is 40.4 Å². The Morgan fingerprint density at radius 1 is 1.23 bits per heavy atom. The first kappa shape index (κ1) is 23.4. The van der Waals surface area contributed by atoms with Gasteiger partial charge in [0.25, 0.3) is 20.0 Å². The van der Waals surface area contributed by atoms with Crippen LogP contribution in [0.2, 0.25) is 0 Å². The van der Waals surface area contributed by atoms with Gasteiger partial charge in [-0.2, -0.15) is 4.31 Å². The lowest BCUT2D eigenvalue weighted by Crippen LogP contribution is -2.40. The number of piperidine rings is 1. The maximum absolute atomic E-state index is 12.7. The van der Waals surface area contributed by atoms with E-state index >= 15 is 0 Å². The second-order valence-corrected chi connectivity index (χ2v) is 11.5. The zero-order valence-electron chi connectivity index (χ0n) is 17.8. The molecule has 2 aromatic heterocycles. The number of aryl methyl sites for hydroxylation is 2. The maximum atomic E-state index is 12.7. The van der Waals surface area contributed by atoms with Gasteiger partial charge in [0.05, 0.1) is 5.92 Å². The van der Waals surface area contributed by atoms with Crippen LogP contribution in [0.25, 0.3) is 0 Å². The van der Waals surface area contributed by atoms with E-state index in [0.29, 0.717) is 18.7 Å². The summed E-state index contributed by atoms with van der Waals surface area (Å²) < 4.78 is 64.0. The molecule has 0 aromatic carbocycles. The molecule has 3 heterocycles. The molecule has 0 radical (unpaired) electrons. The van der Waals surface area contributed by atoms with E-state index in [-0.39, 0.29) is 35.6 Å². The van der Waals surface area contributed by atoms with E-state index < -0.39 is 31.9 Å². The quantitative estimate of drug-likeness (QED) is 0.536. The Bertz CT molecular complexity index is 1140. The summed E-state index contributed by atoms with van der Waals surface area (Å²) >= 11 is 0. The lowest BCUT2D eigenvalue weighted by Gasteiger charge is -2.29. The number of sulfonamides is 2. The normalized spacial score (nSPS) is 16.7. The molecular formula is C18H26N4O7S2. The minimum atomic E-state index is -3.71. The second-order valence-electron chi connectivity index (χ2n) is 7.53. The number of carbonyl (C=O) groups is 1. The van der Waals surface area contributed by atoms with Crippen LogP contribution in [0.4, 0.5) is 0 Å². The summed E-state index contributed by atoms with van der Waals surface area (Å²) in [6, 6.07) is 2.74. The summed E-state index contributed by atoms with van der Waals surface area (Å²) in [5, 5.41) is -0.235. The van der Waals surface area contributed by atoms with E-state index in [9.17, 15) is 21.6 Å². The van der Waals surface area contributed by atoms with Crippen molar-refractivity contribution < 1.29 is 30.8 Å². The van der Waals surface area contributed by atoms with Gasteiger partial charge in [0.15, 0.2) is 5.03 Å². The van der Waals surface area contributed by atoms with Crippen molar-refractivity contribution in [2.75, 3.05) is 27.2 Å². The molecule has 1 aliphatic heterocycles. The largest absolute Gasteiger partial charge is 0.457 e. The van der Waals surface area contributed by atoms with E-state index in [1.807, 2.05) is 0 Å². The maximum Gasteiger partial charge on any atom is 0.309 e. The molecule has 2 aromatic rings. The van der Waals surface area contributed by atoms with E-state index in [0.717, 1.165) is 4.31 Å². The molecule has 1 saturated heterocycles. The van der Waals surface area contributed by atoms with Gasteiger partial charge in [-0.15, -0.1) is 0 Å². The smallest absolute Gasteiger partial charge is 0.309 e. The summed E-state index contributed by atoms with van der Waals surface area (Å²) in [4.78, 5) is 16.5. The van der Waals surface area contributed by atoms with Crippen LogP contribution in [0.3, 0.4) is 0 Å². The minimum Gasteiger partial charge on any atom is -0.457 e. The van der Waals surface area contributed by atoms with Crippen molar-refractivity contribution in [3.63, 3.8) is 0 Å². The van der Waals surface area contributed by atoms with Crippen molar-refractivity contribution in [3.8, 4) is 0 Å². The molecule has 0 atom stereocenters. The molecule has 0 amide bonds. The second kappa shape index (κ2) is 8.73. The van der Waals surface area contributed by atoms with Crippen molar-refractivity contribution in [2.24, 2.45) is 13.0 Å². The first-order valence-electron chi connectivity index (χ1n) is 9.61. The number of nitrogens with zero attached hydrogens (tertiary/aromatic N) is 4. The van der Waals surface area contributed by atoms with Gasteiger partial charge in [0.1, 0.15) is 18.2 Å². The van der Waals surface area contributed by atoms with Crippen LogP contribution >= 0.6 is 0 Å². The third-order valence-corrected chi connectivity index (χ3v) is 8.67. The molecule has 0 saturated carbocycles. The number of carbonyl (C=O) groups excluding carboxylic acids is 1. The third-order valence-electron chi connectivity index (χ3n) is 5.21. The minimum absolute atomic E-state index is 0.00479. The van der Waals surface area contributed by atoms with Crippen molar-refractivity contribution in [3.05, 3.63) is 29.9 Å². The van der Waals surface area contributed by atoms with Crippen LogP contribution in [0.15, 0.2) is 32.9 Å². The van der Waals surface area contributed by atoms with Crippen LogP contribution in [0, 0.1) is 12.8 Å². The predicted molar refractivity (Wildman–Crippen MR) is 109 cm³/mol. The number of furan rings is 1. The van der Waals surface area contributed by atoms with Crippen LogP contribution in [-0.4, -0.2) is 68.2 Å². The van der Waals surface area contributed by atoms with Gasteiger partial charge in [-0.1, -0.05) is 0 Å². The van der Waals surface area contributed by atoms with Gasteiger partial charge in [0.2, 0.25) is 5.09 Å². The van der Waals surface area contributed by atoms with Gasteiger partial charge in [-0.3, -0.25) is 4.79 Å². The average molecular weight is 475 g/mol. The van der Waals surface area contributed by atoms with Crippen molar-refractivity contribution in [1.82, 2.24) is 18.2 Å². The zero-order chi connectivity index (χ0) is 23.0. The number of rotatable bonds is 7. The van der Waals surface area contributed by atoms with Crippen LogP contribution in [-0.2, 0) is 43.2 Å². The Kier molecular flexibility index (Phi) is 6.60. The Morgan fingerprint density at radius 2 is 1.87 bits per heavy atom. The monoisotopic (exact) mass is 474 g/mol. The summed E-state index contributed by atoms with van der Waals surface area (Å²) in [7, 11) is -2.92. The number of hydrogen-bond acceptors (Lipinski definition) is 8. The molecule has 0 spiro atoms. The van der Waals surface area contributed by atoms with E-state index in [1.54, 1.807) is 18.5 Å². The summed E-state index contributed by atoms with van der Waals surface area (Å²) in [5.41, 5.74) is 0. The highest BCUT2D eigenvalue weighted by Gasteiger charge is 2.34. The highest BCUT2D eigenvalue weighted by atomic mass is 32.2. The fourth-order valence-electron chi connectivity index (χ4n) is 3.13. The molecule has 1 aliphatic rings. The molecule has 3 rings (SSSR count). The Labute approximate surface area is 181 Å². The molecule has 172 valence electrons. The molecule has 0 bridgehead atoms. The fraction of sp³-hybridized carbons (Fsp3) is 0.556. The lowest BCUT2D eigenvalue weighted by molar-refractivity contribution is -0.151. The van der Waals surface area contributed by atoms with Gasteiger partial charge >= 0.3 is 5.97 Å². The van der Waals surface area contributed by atoms with Crippen LogP contribution in [0.5, 0.6) is 0 Å². The number of imidazole rings is 1.